The van der Waals surface area contributed by atoms with Crippen molar-refractivity contribution in [3.63, 3.8) is 0 Å². The van der Waals surface area contributed by atoms with Crippen LogP contribution >= 0.6 is 0 Å². The quantitative estimate of drug-likeness (QED) is 0.682. The molecule has 1 saturated heterocycles. The minimum absolute atomic E-state index is 0.00564. The van der Waals surface area contributed by atoms with Crippen LogP contribution in [-0.2, 0) is 24.2 Å². The number of hydrogen-bond acceptors (Lipinski definition) is 7. The van der Waals surface area contributed by atoms with E-state index in [4.69, 9.17) is 4.74 Å². The number of amides is 3. The Morgan fingerprint density at radius 1 is 1.27 bits per heavy atom. The summed E-state index contributed by atoms with van der Waals surface area (Å²) in [5, 5.41) is 7.96. The number of carbonyl (C=O) groups excluding carboxylic acids is 3. The summed E-state index contributed by atoms with van der Waals surface area (Å²) in [7, 11) is -0.176. The van der Waals surface area contributed by atoms with Gasteiger partial charge in [0, 0.05) is 25.6 Å². The van der Waals surface area contributed by atoms with Crippen LogP contribution in [0.1, 0.15) is 19.3 Å². The van der Waals surface area contributed by atoms with Crippen LogP contribution in [0.3, 0.4) is 0 Å². The van der Waals surface area contributed by atoms with E-state index in [-0.39, 0.29) is 48.4 Å². The Morgan fingerprint density at radius 3 is 2.57 bits per heavy atom. The van der Waals surface area contributed by atoms with E-state index in [1.165, 1.54) is 11.9 Å². The molecule has 0 unspecified atom stereocenters. The van der Waals surface area contributed by atoms with Crippen molar-refractivity contribution >= 4 is 39.0 Å². The fraction of sp³-hybridized carbons (Fsp3) is 0.474. The van der Waals surface area contributed by atoms with Crippen molar-refractivity contribution in [1.29, 1.82) is 0 Å². The molecular weight excluding hydrogens is 412 g/mol. The number of rotatable bonds is 6. The van der Waals surface area contributed by atoms with E-state index >= 15 is 0 Å². The average molecular weight is 436 g/mol. The lowest BCUT2D eigenvalue weighted by molar-refractivity contribution is -0.134. The molecule has 3 amide bonds. The molecule has 0 bridgehead atoms. The average Bonchev–Trinajstić information content (AvgIpc) is 3.07. The second kappa shape index (κ2) is 8.82. The molecule has 2 heterocycles. The Labute approximate surface area is 174 Å². The number of hydrogen-bond donors (Lipinski definition) is 1. The minimum atomic E-state index is -3.19. The third-order valence-corrected chi connectivity index (χ3v) is 6.71. The van der Waals surface area contributed by atoms with Crippen LogP contribution in [0, 0.1) is 0 Å². The number of likely N-dealkylation sites (N-methyl/N-ethyl adjacent to an activating group) is 1. The first-order chi connectivity index (χ1) is 14.2. The minimum Gasteiger partial charge on any atom is -0.497 e. The van der Waals surface area contributed by atoms with Gasteiger partial charge < -0.3 is 15.0 Å². The van der Waals surface area contributed by atoms with E-state index in [2.05, 4.69) is 10.4 Å². The lowest BCUT2D eigenvalue weighted by Crippen LogP contribution is -2.45. The Bertz CT molecular complexity index is 973. The van der Waals surface area contributed by atoms with Gasteiger partial charge in [-0.25, -0.2) is 13.4 Å². The van der Waals surface area contributed by atoms with Crippen molar-refractivity contribution in [3.8, 4) is 5.75 Å². The summed E-state index contributed by atoms with van der Waals surface area (Å²) in [6.45, 7) is -0.199. The van der Waals surface area contributed by atoms with Gasteiger partial charge in [-0.15, -0.1) is 0 Å². The molecule has 11 heteroatoms. The van der Waals surface area contributed by atoms with Crippen LogP contribution in [0.2, 0.25) is 0 Å². The fourth-order valence-corrected chi connectivity index (χ4v) is 5.05. The van der Waals surface area contributed by atoms with Gasteiger partial charge in [0.2, 0.25) is 11.8 Å². The molecule has 3 rings (SSSR count). The molecule has 1 atom stereocenters. The van der Waals surface area contributed by atoms with E-state index in [9.17, 15) is 22.8 Å². The van der Waals surface area contributed by atoms with Gasteiger partial charge >= 0.3 is 0 Å². The smallest absolute Gasteiger partial charge is 0.270 e. The zero-order valence-electron chi connectivity index (χ0n) is 16.8. The second-order valence-corrected chi connectivity index (χ2v) is 9.51. The summed E-state index contributed by atoms with van der Waals surface area (Å²) in [6, 6.07) is 6.23. The molecule has 1 fully saturated rings. The summed E-state index contributed by atoms with van der Waals surface area (Å²) >= 11 is 0. The number of nitrogens with zero attached hydrogens (tertiary/aromatic N) is 3. The van der Waals surface area contributed by atoms with Crippen LogP contribution in [-0.4, -0.2) is 80.0 Å². The lowest BCUT2D eigenvalue weighted by atomic mass is 10.1. The first kappa shape index (κ1) is 21.8. The predicted octanol–water partition coefficient (Wildman–Crippen LogP) is 0.258. The Hall–Kier alpha value is -2.95. The second-order valence-electron chi connectivity index (χ2n) is 7.28. The van der Waals surface area contributed by atoms with E-state index in [1.807, 2.05) is 0 Å². The first-order valence-electron chi connectivity index (χ1n) is 9.48. The zero-order valence-corrected chi connectivity index (χ0v) is 17.6. The van der Waals surface area contributed by atoms with Crippen LogP contribution in [0.5, 0.6) is 5.75 Å². The molecule has 0 aliphatic carbocycles. The largest absolute Gasteiger partial charge is 0.497 e. The molecule has 0 saturated carbocycles. The van der Waals surface area contributed by atoms with E-state index in [0.717, 1.165) is 5.01 Å². The molecule has 2 aliphatic rings. The summed E-state index contributed by atoms with van der Waals surface area (Å²) in [6.07, 6.45) is 0.532. The summed E-state index contributed by atoms with van der Waals surface area (Å²) in [5.41, 5.74) is 0.703. The van der Waals surface area contributed by atoms with Crippen LogP contribution in [0.4, 0.5) is 5.69 Å². The molecule has 1 N–H and O–H groups in total. The van der Waals surface area contributed by atoms with E-state index in [0.29, 0.717) is 17.9 Å². The Kier molecular flexibility index (Phi) is 6.40. The number of methoxy groups -OCH3 is 1. The van der Waals surface area contributed by atoms with Crippen LogP contribution in [0.15, 0.2) is 29.4 Å². The van der Waals surface area contributed by atoms with Gasteiger partial charge in [-0.2, -0.15) is 5.10 Å². The maximum Gasteiger partial charge on any atom is 0.270 e. The van der Waals surface area contributed by atoms with Gasteiger partial charge in [-0.1, -0.05) is 0 Å². The molecule has 0 spiro atoms. The molecule has 0 aromatic heterocycles. The molecule has 162 valence electrons. The Balaban J connectivity index is 1.62. The highest BCUT2D eigenvalue weighted by Crippen LogP contribution is 2.22. The third-order valence-electron chi connectivity index (χ3n) is 4.96. The number of ether oxygens (including phenoxy) is 1. The monoisotopic (exact) mass is 436 g/mol. The summed E-state index contributed by atoms with van der Waals surface area (Å²) in [4.78, 5) is 38.4. The SMILES string of the molecule is COc1ccc(NC(=O)CN(C)C(=O)C2=NN([C@H]3CCS(=O)(=O)C3)C(=O)CC2)cc1. The fourth-order valence-electron chi connectivity index (χ4n) is 3.36. The van der Waals surface area contributed by atoms with Gasteiger partial charge in [0.15, 0.2) is 9.84 Å². The maximum atomic E-state index is 12.7. The number of sulfone groups is 1. The van der Waals surface area contributed by atoms with Gasteiger partial charge in [0.1, 0.15) is 11.5 Å². The molecule has 1 aromatic carbocycles. The highest BCUT2D eigenvalue weighted by atomic mass is 32.2. The van der Waals surface area contributed by atoms with Crippen molar-refractivity contribution in [2.24, 2.45) is 5.10 Å². The zero-order chi connectivity index (χ0) is 21.9. The molecular formula is C19H24N4O6S. The molecule has 0 radical (unpaired) electrons. The van der Waals surface area contributed by atoms with Crippen LogP contribution in [0.25, 0.3) is 0 Å². The summed E-state index contributed by atoms with van der Waals surface area (Å²) in [5.74, 6) is -0.644. The van der Waals surface area contributed by atoms with Gasteiger partial charge in [-0.05, 0) is 30.7 Å². The Morgan fingerprint density at radius 2 is 1.97 bits per heavy atom. The lowest BCUT2D eigenvalue weighted by Gasteiger charge is -2.28. The van der Waals surface area contributed by atoms with Crippen LogP contribution < -0.4 is 10.1 Å². The molecule has 2 aliphatic heterocycles. The number of benzene rings is 1. The van der Waals surface area contributed by atoms with Crippen molar-refractivity contribution < 1.29 is 27.5 Å². The molecule has 10 nitrogen and oxygen atoms in total. The van der Waals surface area contributed by atoms with E-state index < -0.39 is 21.8 Å². The standard InChI is InChI=1S/C19H24N4O6S/c1-22(11-17(24)20-13-3-5-15(29-2)6-4-13)19(26)16-7-8-18(25)23(21-16)14-9-10-30(27,28)12-14/h3-6,14H,7-12H2,1-2H3,(H,20,24)/t14-/m0/s1. The molecule has 1 aromatic rings. The van der Waals surface area contributed by atoms with E-state index in [1.54, 1.807) is 31.4 Å². The van der Waals surface area contributed by atoms with Gasteiger partial charge in [0.25, 0.3) is 5.91 Å². The van der Waals surface area contributed by atoms with Crippen molar-refractivity contribution in [1.82, 2.24) is 9.91 Å². The normalized spacial score (nSPS) is 20.5. The highest BCUT2D eigenvalue weighted by molar-refractivity contribution is 7.91. The van der Waals surface area contributed by atoms with Crippen molar-refractivity contribution in [2.45, 2.75) is 25.3 Å². The molecule has 30 heavy (non-hydrogen) atoms. The van der Waals surface area contributed by atoms with Crippen molar-refractivity contribution in [2.75, 3.05) is 37.5 Å². The topological polar surface area (TPSA) is 125 Å². The highest BCUT2D eigenvalue weighted by Gasteiger charge is 2.37. The number of anilines is 1. The van der Waals surface area contributed by atoms with Gasteiger partial charge in [-0.3, -0.25) is 14.4 Å². The predicted molar refractivity (Wildman–Crippen MR) is 110 cm³/mol. The number of carbonyl (C=O) groups is 3. The maximum absolute atomic E-state index is 12.7. The third kappa shape index (κ3) is 5.15. The summed E-state index contributed by atoms with van der Waals surface area (Å²) < 4.78 is 28.5. The first-order valence-corrected chi connectivity index (χ1v) is 11.3. The number of nitrogens with one attached hydrogen (secondary N) is 1. The van der Waals surface area contributed by atoms with Gasteiger partial charge in [0.05, 0.1) is 31.2 Å². The van der Waals surface area contributed by atoms with Crippen molar-refractivity contribution in [3.05, 3.63) is 24.3 Å². The number of hydrazone groups is 1.